The fourth-order valence-corrected chi connectivity index (χ4v) is 3.28. The number of esters is 1. The van der Waals surface area contributed by atoms with E-state index < -0.39 is 0 Å². The largest absolute Gasteiger partial charge is 0.488 e. The van der Waals surface area contributed by atoms with Gasteiger partial charge >= 0.3 is 5.97 Å². The summed E-state index contributed by atoms with van der Waals surface area (Å²) in [5.74, 6) is 0.0941. The number of piperidine rings is 1. The maximum absolute atomic E-state index is 12.5. The van der Waals surface area contributed by atoms with Gasteiger partial charge in [0.25, 0.3) is 0 Å². The zero-order valence-corrected chi connectivity index (χ0v) is 15.7. The number of benzene rings is 2. The van der Waals surface area contributed by atoms with Crippen molar-refractivity contribution < 1.29 is 14.3 Å². The summed E-state index contributed by atoms with van der Waals surface area (Å²) in [6, 6.07) is 14.9. The van der Waals surface area contributed by atoms with Crippen molar-refractivity contribution in [3.05, 3.63) is 59.7 Å². The third kappa shape index (κ3) is 6.00. The fourth-order valence-electron chi connectivity index (χ4n) is 3.28. The van der Waals surface area contributed by atoms with Gasteiger partial charge in [0, 0.05) is 18.3 Å². The van der Waals surface area contributed by atoms with Crippen LogP contribution in [0.25, 0.3) is 0 Å². The number of hydrogen-bond acceptors (Lipinski definition) is 5. The minimum atomic E-state index is -0.364. The van der Waals surface area contributed by atoms with Crippen LogP contribution in [0.4, 0.5) is 5.69 Å². The molecule has 5 nitrogen and oxygen atoms in total. The van der Waals surface area contributed by atoms with Crippen LogP contribution in [0.5, 0.6) is 5.75 Å². The summed E-state index contributed by atoms with van der Waals surface area (Å²) in [7, 11) is 0. The quantitative estimate of drug-likeness (QED) is 0.435. The van der Waals surface area contributed by atoms with Crippen molar-refractivity contribution in [3.8, 4) is 5.75 Å². The van der Waals surface area contributed by atoms with Gasteiger partial charge in [-0.05, 0) is 50.0 Å². The van der Waals surface area contributed by atoms with E-state index >= 15 is 0 Å². The molecule has 0 spiro atoms. The zero-order chi connectivity index (χ0) is 18.9. The summed E-state index contributed by atoms with van der Waals surface area (Å²) in [6.45, 7) is 4.08. The molecule has 0 aliphatic carbocycles. The van der Waals surface area contributed by atoms with Crippen molar-refractivity contribution in [3.63, 3.8) is 0 Å². The molecular weight excluding hydrogens is 340 g/mol. The summed E-state index contributed by atoms with van der Waals surface area (Å²) in [6.07, 6.45) is 4.72. The van der Waals surface area contributed by atoms with Crippen molar-refractivity contribution in [1.29, 1.82) is 0 Å². The van der Waals surface area contributed by atoms with Crippen molar-refractivity contribution in [2.24, 2.45) is 0 Å². The van der Waals surface area contributed by atoms with E-state index in [0.717, 1.165) is 31.6 Å². The maximum atomic E-state index is 12.5. The Morgan fingerprint density at radius 2 is 1.81 bits per heavy atom. The second kappa shape index (κ2) is 9.97. The highest BCUT2D eigenvalue weighted by Gasteiger charge is 2.15. The number of anilines is 1. The zero-order valence-electron chi connectivity index (χ0n) is 15.7. The molecule has 0 bridgehead atoms. The van der Waals surface area contributed by atoms with Gasteiger partial charge in [0.15, 0.2) is 0 Å². The monoisotopic (exact) mass is 368 g/mol. The molecule has 2 aromatic carbocycles. The van der Waals surface area contributed by atoms with E-state index in [1.165, 1.54) is 19.3 Å². The predicted molar refractivity (Wildman–Crippen MR) is 107 cm³/mol. The average molecular weight is 368 g/mol. The molecule has 1 heterocycles. The molecule has 1 aliphatic rings. The summed E-state index contributed by atoms with van der Waals surface area (Å²) in [4.78, 5) is 14.9. The number of rotatable bonds is 8. The number of ether oxygens (including phenoxy) is 2. The lowest BCUT2D eigenvalue weighted by Crippen LogP contribution is -2.31. The van der Waals surface area contributed by atoms with E-state index in [1.807, 2.05) is 30.3 Å². The van der Waals surface area contributed by atoms with Crippen LogP contribution in [0.2, 0.25) is 0 Å². The first kappa shape index (κ1) is 19.2. The summed E-state index contributed by atoms with van der Waals surface area (Å²) >= 11 is 0. The Morgan fingerprint density at radius 1 is 1.04 bits per heavy atom. The van der Waals surface area contributed by atoms with E-state index in [0.29, 0.717) is 30.2 Å². The Kier molecular flexibility index (Phi) is 7.11. The molecule has 1 fully saturated rings. The standard InChI is InChI=1S/C22H28N2O3/c23-19-10-11-20(21(16-19)27-17-18-8-3-1-4-9-18)22(25)26-15-7-14-24-12-5-2-6-13-24/h1,3-4,8-11,16H,2,5-7,12-15,17,23H2. The number of nitrogens with zero attached hydrogens (tertiary/aromatic N) is 1. The van der Waals surface area contributed by atoms with Gasteiger partial charge in [-0.15, -0.1) is 0 Å². The van der Waals surface area contributed by atoms with Crippen LogP contribution in [0.3, 0.4) is 0 Å². The van der Waals surface area contributed by atoms with Gasteiger partial charge in [0.05, 0.1) is 6.61 Å². The highest BCUT2D eigenvalue weighted by Crippen LogP contribution is 2.24. The minimum absolute atomic E-state index is 0.364. The van der Waals surface area contributed by atoms with Gasteiger partial charge in [0.2, 0.25) is 0 Å². The molecule has 3 rings (SSSR count). The smallest absolute Gasteiger partial charge is 0.341 e. The summed E-state index contributed by atoms with van der Waals surface area (Å²) < 4.78 is 11.3. The lowest BCUT2D eigenvalue weighted by molar-refractivity contribution is 0.0480. The fraction of sp³-hybridized carbons (Fsp3) is 0.409. The number of hydrogen-bond donors (Lipinski definition) is 1. The summed E-state index contributed by atoms with van der Waals surface area (Å²) in [5.41, 5.74) is 7.86. The molecule has 0 atom stereocenters. The van der Waals surface area contributed by atoms with E-state index in [1.54, 1.807) is 18.2 Å². The number of carbonyl (C=O) groups is 1. The number of likely N-dealkylation sites (tertiary alicyclic amines) is 1. The van der Waals surface area contributed by atoms with E-state index in [4.69, 9.17) is 15.2 Å². The number of nitrogens with two attached hydrogens (primary N) is 1. The van der Waals surface area contributed by atoms with Crippen LogP contribution in [0, 0.1) is 0 Å². The lowest BCUT2D eigenvalue weighted by Gasteiger charge is -2.26. The van der Waals surface area contributed by atoms with Crippen molar-refractivity contribution in [1.82, 2.24) is 4.90 Å². The second-order valence-corrected chi connectivity index (χ2v) is 6.92. The van der Waals surface area contributed by atoms with Crippen molar-refractivity contribution in [2.75, 3.05) is 32.0 Å². The van der Waals surface area contributed by atoms with Gasteiger partial charge in [0.1, 0.15) is 17.9 Å². The van der Waals surface area contributed by atoms with Crippen molar-refractivity contribution >= 4 is 11.7 Å². The Labute approximate surface area is 161 Å². The van der Waals surface area contributed by atoms with E-state index in [-0.39, 0.29) is 5.97 Å². The number of nitrogen functional groups attached to an aromatic ring is 1. The third-order valence-corrected chi connectivity index (χ3v) is 4.76. The van der Waals surface area contributed by atoms with Crippen LogP contribution < -0.4 is 10.5 Å². The second-order valence-electron chi connectivity index (χ2n) is 6.92. The molecule has 2 N–H and O–H groups in total. The van der Waals surface area contributed by atoms with Gasteiger partial charge in [-0.25, -0.2) is 4.79 Å². The molecule has 1 saturated heterocycles. The van der Waals surface area contributed by atoms with Crippen LogP contribution in [-0.2, 0) is 11.3 Å². The molecule has 0 saturated carbocycles. The molecule has 1 aliphatic heterocycles. The molecule has 144 valence electrons. The van der Waals surface area contributed by atoms with Crippen LogP contribution >= 0.6 is 0 Å². The third-order valence-electron chi connectivity index (χ3n) is 4.76. The minimum Gasteiger partial charge on any atom is -0.488 e. The first-order valence-electron chi connectivity index (χ1n) is 9.68. The van der Waals surface area contributed by atoms with E-state index in [9.17, 15) is 4.79 Å². The maximum Gasteiger partial charge on any atom is 0.341 e. The molecule has 0 unspecified atom stereocenters. The first-order valence-corrected chi connectivity index (χ1v) is 9.68. The lowest BCUT2D eigenvalue weighted by atomic mass is 10.1. The SMILES string of the molecule is Nc1ccc(C(=O)OCCCN2CCCCC2)c(OCc2ccccc2)c1. The Hall–Kier alpha value is -2.53. The summed E-state index contributed by atoms with van der Waals surface area (Å²) in [5, 5.41) is 0. The Morgan fingerprint density at radius 3 is 2.59 bits per heavy atom. The Bertz CT molecular complexity index is 728. The van der Waals surface area contributed by atoms with Gasteiger partial charge in [-0.1, -0.05) is 36.8 Å². The highest BCUT2D eigenvalue weighted by molar-refractivity contribution is 5.93. The Balaban J connectivity index is 1.52. The molecular formula is C22H28N2O3. The number of carbonyl (C=O) groups excluding carboxylic acids is 1. The van der Waals surface area contributed by atoms with Gasteiger partial charge in [-0.2, -0.15) is 0 Å². The van der Waals surface area contributed by atoms with Crippen LogP contribution in [0.1, 0.15) is 41.6 Å². The molecule has 5 heteroatoms. The molecule has 2 aromatic rings. The van der Waals surface area contributed by atoms with Gasteiger partial charge < -0.3 is 20.1 Å². The average Bonchev–Trinajstić information content (AvgIpc) is 2.71. The molecule has 0 aromatic heterocycles. The van der Waals surface area contributed by atoms with Crippen LogP contribution in [0.15, 0.2) is 48.5 Å². The van der Waals surface area contributed by atoms with E-state index in [2.05, 4.69) is 4.90 Å². The molecule has 0 amide bonds. The van der Waals surface area contributed by atoms with Crippen molar-refractivity contribution in [2.45, 2.75) is 32.3 Å². The molecule has 27 heavy (non-hydrogen) atoms. The first-order chi connectivity index (χ1) is 13.2. The molecule has 0 radical (unpaired) electrons. The van der Waals surface area contributed by atoms with Gasteiger partial charge in [-0.3, -0.25) is 0 Å². The normalized spacial score (nSPS) is 14.7. The topological polar surface area (TPSA) is 64.8 Å². The highest BCUT2D eigenvalue weighted by atomic mass is 16.5. The predicted octanol–water partition coefficient (Wildman–Crippen LogP) is 3.88. The van der Waals surface area contributed by atoms with Crippen LogP contribution in [-0.4, -0.2) is 37.1 Å².